The van der Waals surface area contributed by atoms with E-state index in [0.717, 1.165) is 62.7 Å². The van der Waals surface area contributed by atoms with E-state index in [1.54, 1.807) is 12.0 Å². The summed E-state index contributed by atoms with van der Waals surface area (Å²) in [5.74, 6) is 0.0383. The van der Waals surface area contributed by atoms with Gasteiger partial charge in [-0.15, -0.1) is 0 Å². The largest absolute Gasteiger partial charge is 0.497 e. The van der Waals surface area contributed by atoms with Gasteiger partial charge in [0, 0.05) is 13.0 Å². The SMILES string of the molecule is COc1cccc(C=C2SC(=S)N(CCCCCCCCCCC(=O)O)C2=O)c1. The molecule has 0 saturated carbocycles. The molecule has 2 rings (SSSR count). The van der Waals surface area contributed by atoms with Gasteiger partial charge < -0.3 is 9.84 Å². The predicted octanol–water partition coefficient (Wildman–Crippen LogP) is 5.49. The third-order valence-corrected chi connectivity index (χ3v) is 6.17. The molecule has 7 heteroatoms. The summed E-state index contributed by atoms with van der Waals surface area (Å²) in [5, 5.41) is 8.60. The normalized spacial score (nSPS) is 15.3. The van der Waals surface area contributed by atoms with Gasteiger partial charge in [0.25, 0.3) is 5.91 Å². The number of benzene rings is 1. The summed E-state index contributed by atoms with van der Waals surface area (Å²) >= 11 is 6.76. The Morgan fingerprint density at radius 2 is 1.79 bits per heavy atom. The van der Waals surface area contributed by atoms with E-state index in [2.05, 4.69) is 0 Å². The van der Waals surface area contributed by atoms with Crippen LogP contribution in [0.25, 0.3) is 6.08 Å². The minimum absolute atomic E-state index is 0.0127. The van der Waals surface area contributed by atoms with Crippen molar-refractivity contribution in [2.75, 3.05) is 13.7 Å². The van der Waals surface area contributed by atoms with Gasteiger partial charge in [-0.3, -0.25) is 14.5 Å². The summed E-state index contributed by atoms with van der Waals surface area (Å²) in [7, 11) is 1.62. The molecule has 1 aromatic carbocycles. The Morgan fingerprint density at radius 1 is 1.14 bits per heavy atom. The van der Waals surface area contributed by atoms with E-state index in [4.69, 9.17) is 22.1 Å². The van der Waals surface area contributed by atoms with E-state index < -0.39 is 5.97 Å². The Labute approximate surface area is 182 Å². The summed E-state index contributed by atoms with van der Waals surface area (Å²) in [6.07, 6.45) is 10.4. The van der Waals surface area contributed by atoms with Crippen LogP contribution in [-0.4, -0.2) is 39.9 Å². The van der Waals surface area contributed by atoms with Crippen molar-refractivity contribution in [3.8, 4) is 5.75 Å². The van der Waals surface area contributed by atoms with Crippen LogP contribution in [0.3, 0.4) is 0 Å². The van der Waals surface area contributed by atoms with Gasteiger partial charge in [0.15, 0.2) is 0 Å². The number of unbranched alkanes of at least 4 members (excludes halogenated alkanes) is 7. The van der Waals surface area contributed by atoms with E-state index in [9.17, 15) is 9.59 Å². The van der Waals surface area contributed by atoms with Crippen LogP contribution >= 0.6 is 24.0 Å². The standard InChI is InChI=1S/C22H29NO4S2/c1-27-18-12-10-11-17(15-18)16-19-21(26)23(22(28)29-19)14-9-7-5-3-2-4-6-8-13-20(24)25/h10-12,15-16H,2-9,13-14H2,1H3,(H,24,25). The zero-order valence-electron chi connectivity index (χ0n) is 16.9. The molecule has 5 nitrogen and oxygen atoms in total. The minimum Gasteiger partial charge on any atom is -0.497 e. The first-order valence-corrected chi connectivity index (χ1v) is 11.3. The van der Waals surface area contributed by atoms with E-state index in [0.29, 0.717) is 15.8 Å². The van der Waals surface area contributed by atoms with Crippen LogP contribution in [0.15, 0.2) is 29.2 Å². The van der Waals surface area contributed by atoms with Crippen LogP contribution in [0.5, 0.6) is 5.75 Å². The number of rotatable bonds is 13. The number of carbonyl (C=O) groups is 2. The lowest BCUT2D eigenvalue weighted by Crippen LogP contribution is -2.29. The van der Waals surface area contributed by atoms with Crippen molar-refractivity contribution in [1.29, 1.82) is 0 Å². The molecular formula is C22H29NO4S2. The summed E-state index contributed by atoms with van der Waals surface area (Å²) in [5.41, 5.74) is 0.924. The van der Waals surface area contributed by atoms with Crippen LogP contribution in [0, 0.1) is 0 Å². The highest BCUT2D eigenvalue weighted by Gasteiger charge is 2.31. The molecule has 1 saturated heterocycles. The molecule has 1 aliphatic heterocycles. The molecule has 0 bridgehead atoms. The number of thioether (sulfide) groups is 1. The molecule has 1 aromatic rings. The predicted molar refractivity (Wildman–Crippen MR) is 122 cm³/mol. The fraction of sp³-hybridized carbons (Fsp3) is 0.500. The maximum atomic E-state index is 12.7. The van der Waals surface area contributed by atoms with E-state index >= 15 is 0 Å². The molecule has 0 unspecified atom stereocenters. The lowest BCUT2D eigenvalue weighted by molar-refractivity contribution is -0.137. The molecule has 0 aliphatic carbocycles. The number of carboxylic acids is 1. The number of amides is 1. The van der Waals surface area contributed by atoms with E-state index in [1.165, 1.54) is 11.8 Å². The molecular weight excluding hydrogens is 406 g/mol. The molecule has 0 spiro atoms. The average Bonchev–Trinajstić information content (AvgIpc) is 2.96. The van der Waals surface area contributed by atoms with Crippen molar-refractivity contribution >= 4 is 46.3 Å². The minimum atomic E-state index is -0.709. The number of aliphatic carboxylic acids is 1. The molecule has 1 heterocycles. The van der Waals surface area contributed by atoms with Crippen molar-refractivity contribution < 1.29 is 19.4 Å². The maximum Gasteiger partial charge on any atom is 0.303 e. The molecule has 0 radical (unpaired) electrons. The van der Waals surface area contributed by atoms with Crippen LogP contribution in [0.1, 0.15) is 63.4 Å². The quantitative estimate of drug-likeness (QED) is 0.251. The van der Waals surface area contributed by atoms with Gasteiger partial charge in [-0.05, 0) is 36.6 Å². The van der Waals surface area contributed by atoms with Gasteiger partial charge in [-0.2, -0.15) is 0 Å². The summed E-state index contributed by atoms with van der Waals surface area (Å²) < 4.78 is 5.86. The molecule has 1 fully saturated rings. The second-order valence-electron chi connectivity index (χ2n) is 7.08. The van der Waals surface area contributed by atoms with Crippen LogP contribution < -0.4 is 4.74 Å². The summed E-state index contributed by atoms with van der Waals surface area (Å²) in [4.78, 5) is 25.5. The van der Waals surface area contributed by atoms with Crippen molar-refractivity contribution in [1.82, 2.24) is 4.90 Å². The number of carbonyl (C=O) groups excluding carboxylic acids is 1. The van der Waals surface area contributed by atoms with E-state index in [-0.39, 0.29) is 12.3 Å². The second kappa shape index (κ2) is 12.6. The molecule has 1 aliphatic rings. The maximum absolute atomic E-state index is 12.7. The number of carboxylic acid groups (broad SMARTS) is 1. The third-order valence-electron chi connectivity index (χ3n) is 4.79. The number of hydrogen-bond donors (Lipinski definition) is 1. The highest BCUT2D eigenvalue weighted by Crippen LogP contribution is 2.33. The lowest BCUT2D eigenvalue weighted by Gasteiger charge is -2.14. The number of hydrogen-bond acceptors (Lipinski definition) is 5. The number of ether oxygens (including phenoxy) is 1. The first kappa shape index (κ1) is 23.4. The Morgan fingerprint density at radius 3 is 2.45 bits per heavy atom. The molecule has 29 heavy (non-hydrogen) atoms. The monoisotopic (exact) mass is 435 g/mol. The second-order valence-corrected chi connectivity index (χ2v) is 8.76. The van der Waals surface area contributed by atoms with Crippen molar-refractivity contribution in [2.24, 2.45) is 0 Å². The Bertz CT molecular complexity index is 748. The number of nitrogens with zero attached hydrogens (tertiary/aromatic N) is 1. The van der Waals surface area contributed by atoms with Crippen LogP contribution in [-0.2, 0) is 9.59 Å². The number of thiocarbonyl (C=S) groups is 1. The Hall–Kier alpha value is -1.86. The molecule has 1 N–H and O–H groups in total. The lowest BCUT2D eigenvalue weighted by atomic mass is 10.1. The van der Waals surface area contributed by atoms with Gasteiger partial charge in [0.2, 0.25) is 0 Å². The van der Waals surface area contributed by atoms with Gasteiger partial charge in [-0.25, -0.2) is 0 Å². The van der Waals surface area contributed by atoms with Gasteiger partial charge >= 0.3 is 5.97 Å². The van der Waals surface area contributed by atoms with Crippen LogP contribution in [0.2, 0.25) is 0 Å². The average molecular weight is 436 g/mol. The van der Waals surface area contributed by atoms with Crippen molar-refractivity contribution in [2.45, 2.75) is 57.8 Å². The topological polar surface area (TPSA) is 66.8 Å². The molecule has 1 amide bonds. The third kappa shape index (κ3) is 8.19. The van der Waals surface area contributed by atoms with E-state index in [1.807, 2.05) is 30.3 Å². The highest BCUT2D eigenvalue weighted by molar-refractivity contribution is 8.26. The van der Waals surface area contributed by atoms with Gasteiger partial charge in [0.1, 0.15) is 10.1 Å². The number of methoxy groups -OCH3 is 1. The molecule has 0 atom stereocenters. The summed E-state index contributed by atoms with van der Waals surface area (Å²) in [6.45, 7) is 0.665. The zero-order valence-corrected chi connectivity index (χ0v) is 18.5. The fourth-order valence-electron chi connectivity index (χ4n) is 3.18. The highest BCUT2D eigenvalue weighted by atomic mass is 32.2. The fourth-order valence-corrected chi connectivity index (χ4v) is 4.49. The van der Waals surface area contributed by atoms with Crippen molar-refractivity contribution in [3.05, 3.63) is 34.7 Å². The smallest absolute Gasteiger partial charge is 0.303 e. The molecule has 158 valence electrons. The Kier molecular flexibility index (Phi) is 10.2. The zero-order chi connectivity index (χ0) is 21.1. The Balaban J connectivity index is 1.67. The van der Waals surface area contributed by atoms with Crippen molar-refractivity contribution in [3.63, 3.8) is 0 Å². The summed E-state index contributed by atoms with van der Waals surface area (Å²) in [6, 6.07) is 7.61. The first-order valence-electron chi connectivity index (χ1n) is 10.1. The van der Waals surface area contributed by atoms with Gasteiger partial charge in [-0.1, -0.05) is 74.6 Å². The first-order chi connectivity index (χ1) is 14.0. The van der Waals surface area contributed by atoms with Gasteiger partial charge in [0.05, 0.1) is 12.0 Å². The molecule has 0 aromatic heterocycles. The van der Waals surface area contributed by atoms with Crippen LogP contribution in [0.4, 0.5) is 0 Å².